The summed E-state index contributed by atoms with van der Waals surface area (Å²) in [6.07, 6.45) is 5.15. The maximum Gasteiger partial charge on any atom is 0.259 e. The number of fused-ring (bicyclic) bond motifs is 1. The number of pyridine rings is 2. The van der Waals surface area contributed by atoms with Gasteiger partial charge in [-0.25, -0.2) is 0 Å². The maximum absolute atomic E-state index is 12.4. The Balaban J connectivity index is 2.38. The fourth-order valence-electron chi connectivity index (χ4n) is 3.35. The van der Waals surface area contributed by atoms with Crippen molar-refractivity contribution in [2.24, 2.45) is 7.05 Å². The minimum absolute atomic E-state index is 0.0675. The van der Waals surface area contributed by atoms with Crippen LogP contribution in [0.15, 0.2) is 41.6 Å². The zero-order chi connectivity index (χ0) is 19.1. The molecule has 2 aromatic heterocycles. The number of aromatic nitrogens is 2. The molecule has 3 rings (SSSR count). The van der Waals surface area contributed by atoms with E-state index in [9.17, 15) is 4.79 Å². The molecule has 0 amide bonds. The average Bonchev–Trinajstić information content (AvgIpc) is 2.62. The molecule has 0 aliphatic heterocycles. The Morgan fingerprint density at radius 3 is 2.19 bits per heavy atom. The summed E-state index contributed by atoms with van der Waals surface area (Å²) in [6.45, 7) is 6.38. The summed E-state index contributed by atoms with van der Waals surface area (Å²) in [5.41, 5.74) is 2.68. The molecule has 0 fully saturated rings. The summed E-state index contributed by atoms with van der Waals surface area (Å²) >= 11 is 0. The van der Waals surface area contributed by atoms with Crippen molar-refractivity contribution in [2.75, 3.05) is 14.2 Å². The summed E-state index contributed by atoms with van der Waals surface area (Å²) in [4.78, 5) is 16.5. The van der Waals surface area contributed by atoms with Crippen LogP contribution >= 0.6 is 0 Å². The number of hydrogen-bond donors (Lipinski definition) is 0. The smallest absolute Gasteiger partial charge is 0.259 e. The molecule has 5 nitrogen and oxygen atoms in total. The van der Waals surface area contributed by atoms with Crippen LogP contribution in [0, 0.1) is 0 Å². The second-order valence-corrected chi connectivity index (χ2v) is 7.39. The second kappa shape index (κ2) is 6.48. The summed E-state index contributed by atoms with van der Waals surface area (Å²) in [5.74, 6) is 1.53. The van der Waals surface area contributed by atoms with Gasteiger partial charge < -0.3 is 14.0 Å². The Morgan fingerprint density at radius 2 is 1.65 bits per heavy atom. The third-order valence-corrected chi connectivity index (χ3v) is 4.55. The lowest BCUT2D eigenvalue weighted by Gasteiger charge is -2.25. The maximum atomic E-state index is 12.4. The lowest BCUT2D eigenvalue weighted by atomic mass is 9.84. The summed E-state index contributed by atoms with van der Waals surface area (Å²) < 4.78 is 12.9. The van der Waals surface area contributed by atoms with E-state index in [-0.39, 0.29) is 11.0 Å². The average molecular weight is 352 g/mol. The van der Waals surface area contributed by atoms with Crippen LogP contribution < -0.4 is 15.0 Å². The molecule has 0 N–H and O–H groups in total. The molecule has 0 aliphatic carbocycles. The monoisotopic (exact) mass is 352 g/mol. The number of rotatable bonds is 3. The highest BCUT2D eigenvalue weighted by atomic mass is 16.5. The SMILES string of the molecule is COc1cc(-c2cn(C)c(=O)c3cnccc23)cc(OC)c1C(C)(C)C. The minimum Gasteiger partial charge on any atom is -0.496 e. The number of aryl methyl sites for hydroxylation is 1. The fraction of sp³-hybridized carbons (Fsp3) is 0.333. The van der Waals surface area contributed by atoms with Gasteiger partial charge in [0.25, 0.3) is 5.56 Å². The highest BCUT2D eigenvalue weighted by Gasteiger charge is 2.25. The first kappa shape index (κ1) is 18.0. The molecule has 26 heavy (non-hydrogen) atoms. The van der Waals surface area contributed by atoms with E-state index in [1.165, 1.54) is 0 Å². The standard InChI is InChI=1S/C21H24N2O3/c1-21(2,3)19-17(25-5)9-13(10-18(19)26-6)16-12-23(4)20(24)15-11-22-8-7-14(15)16/h7-12H,1-6H3. The van der Waals surface area contributed by atoms with E-state index in [1.807, 2.05) is 24.4 Å². The number of ether oxygens (including phenoxy) is 2. The molecule has 0 radical (unpaired) electrons. The molecule has 1 aromatic carbocycles. The highest BCUT2D eigenvalue weighted by molar-refractivity contribution is 5.95. The van der Waals surface area contributed by atoms with Crippen molar-refractivity contribution < 1.29 is 9.47 Å². The Labute approximate surface area is 153 Å². The van der Waals surface area contributed by atoms with Crippen LogP contribution in [0.5, 0.6) is 11.5 Å². The second-order valence-electron chi connectivity index (χ2n) is 7.39. The van der Waals surface area contributed by atoms with Crippen LogP contribution in [-0.4, -0.2) is 23.8 Å². The fourth-order valence-corrected chi connectivity index (χ4v) is 3.35. The first-order chi connectivity index (χ1) is 12.3. The van der Waals surface area contributed by atoms with Gasteiger partial charge in [0.05, 0.1) is 19.6 Å². The van der Waals surface area contributed by atoms with Crippen LogP contribution in [0.3, 0.4) is 0 Å². The van der Waals surface area contributed by atoms with E-state index in [0.717, 1.165) is 33.6 Å². The van der Waals surface area contributed by atoms with Crippen molar-refractivity contribution >= 4 is 10.8 Å². The zero-order valence-electron chi connectivity index (χ0n) is 16.1. The molecule has 0 saturated carbocycles. The van der Waals surface area contributed by atoms with Crippen LogP contribution in [-0.2, 0) is 12.5 Å². The predicted molar refractivity (Wildman–Crippen MR) is 104 cm³/mol. The zero-order valence-corrected chi connectivity index (χ0v) is 16.1. The predicted octanol–water partition coefficient (Wildman–Crippen LogP) is 3.92. The van der Waals surface area contributed by atoms with Gasteiger partial charge in [-0.2, -0.15) is 0 Å². The summed E-state index contributed by atoms with van der Waals surface area (Å²) in [5, 5.41) is 1.45. The largest absolute Gasteiger partial charge is 0.496 e. The molecule has 0 saturated heterocycles. The van der Waals surface area contributed by atoms with Crippen LogP contribution in [0.1, 0.15) is 26.3 Å². The quantitative estimate of drug-likeness (QED) is 0.717. The molecule has 3 aromatic rings. The molecular weight excluding hydrogens is 328 g/mol. The van der Waals surface area contributed by atoms with Crippen molar-refractivity contribution in [1.82, 2.24) is 9.55 Å². The van der Waals surface area contributed by atoms with E-state index in [2.05, 4.69) is 25.8 Å². The van der Waals surface area contributed by atoms with Crippen LogP contribution in [0.2, 0.25) is 0 Å². The first-order valence-electron chi connectivity index (χ1n) is 8.48. The lowest BCUT2D eigenvalue weighted by molar-refractivity contribution is 0.368. The molecule has 2 heterocycles. The molecule has 0 bridgehead atoms. The van der Waals surface area contributed by atoms with E-state index >= 15 is 0 Å². The van der Waals surface area contributed by atoms with Gasteiger partial charge in [-0.05, 0) is 34.6 Å². The van der Waals surface area contributed by atoms with Crippen molar-refractivity contribution in [3.8, 4) is 22.6 Å². The van der Waals surface area contributed by atoms with Gasteiger partial charge >= 0.3 is 0 Å². The molecular formula is C21H24N2O3. The molecule has 0 atom stereocenters. The van der Waals surface area contributed by atoms with Gasteiger partial charge in [0.1, 0.15) is 11.5 Å². The minimum atomic E-state index is -0.134. The lowest BCUT2D eigenvalue weighted by Crippen LogP contribution is -2.17. The van der Waals surface area contributed by atoms with Crippen molar-refractivity contribution in [3.63, 3.8) is 0 Å². The molecule has 0 unspecified atom stereocenters. The number of benzene rings is 1. The van der Waals surface area contributed by atoms with Gasteiger partial charge in [-0.15, -0.1) is 0 Å². The first-order valence-corrected chi connectivity index (χ1v) is 8.48. The van der Waals surface area contributed by atoms with Crippen molar-refractivity contribution in [3.05, 3.63) is 52.7 Å². The normalized spacial score (nSPS) is 11.6. The van der Waals surface area contributed by atoms with E-state index in [1.54, 1.807) is 38.2 Å². The summed E-state index contributed by atoms with van der Waals surface area (Å²) in [6, 6.07) is 5.87. The van der Waals surface area contributed by atoms with Gasteiger partial charge in [-0.3, -0.25) is 9.78 Å². The number of methoxy groups -OCH3 is 2. The van der Waals surface area contributed by atoms with E-state index in [0.29, 0.717) is 5.39 Å². The number of hydrogen-bond acceptors (Lipinski definition) is 4. The highest BCUT2D eigenvalue weighted by Crippen LogP contribution is 2.42. The number of nitrogens with zero attached hydrogens (tertiary/aromatic N) is 2. The third-order valence-electron chi connectivity index (χ3n) is 4.55. The van der Waals surface area contributed by atoms with Crippen molar-refractivity contribution in [1.29, 1.82) is 0 Å². The topological polar surface area (TPSA) is 53.4 Å². The Bertz CT molecular complexity index is 1000. The van der Waals surface area contributed by atoms with Gasteiger partial charge in [-0.1, -0.05) is 20.8 Å². The Kier molecular flexibility index (Phi) is 4.48. The molecule has 0 spiro atoms. The Hall–Kier alpha value is -2.82. The van der Waals surface area contributed by atoms with E-state index < -0.39 is 0 Å². The molecule has 5 heteroatoms. The van der Waals surface area contributed by atoms with Crippen LogP contribution in [0.4, 0.5) is 0 Å². The third kappa shape index (κ3) is 2.94. The van der Waals surface area contributed by atoms with Gasteiger partial charge in [0.15, 0.2) is 0 Å². The van der Waals surface area contributed by atoms with Crippen LogP contribution in [0.25, 0.3) is 21.9 Å². The molecule has 136 valence electrons. The molecule has 0 aliphatic rings. The van der Waals surface area contributed by atoms with Crippen molar-refractivity contribution in [2.45, 2.75) is 26.2 Å². The summed E-state index contributed by atoms with van der Waals surface area (Å²) in [7, 11) is 5.07. The van der Waals surface area contributed by atoms with Gasteiger partial charge in [0, 0.05) is 36.8 Å². The van der Waals surface area contributed by atoms with E-state index in [4.69, 9.17) is 9.47 Å². The Morgan fingerprint density at radius 1 is 1.04 bits per heavy atom. The van der Waals surface area contributed by atoms with Gasteiger partial charge in [0.2, 0.25) is 0 Å².